The molecule has 22 heavy (non-hydrogen) atoms. The third-order valence-corrected chi connectivity index (χ3v) is 4.27. The van der Waals surface area contributed by atoms with E-state index >= 15 is 0 Å². The molecule has 0 aromatic heterocycles. The summed E-state index contributed by atoms with van der Waals surface area (Å²) in [6.07, 6.45) is 4.81. The van der Waals surface area contributed by atoms with Gasteiger partial charge in [0.2, 0.25) is 0 Å². The van der Waals surface area contributed by atoms with E-state index < -0.39 is 11.8 Å². The van der Waals surface area contributed by atoms with Crippen molar-refractivity contribution in [1.29, 1.82) is 0 Å². The number of carbonyl (C=O) groups excluding carboxylic acids is 2. The van der Waals surface area contributed by atoms with Gasteiger partial charge in [-0.1, -0.05) is 36.4 Å². The molecule has 1 N–H and O–H groups in total. The highest BCUT2D eigenvalue weighted by atomic mass is 35.5. The Labute approximate surface area is 133 Å². The Morgan fingerprint density at radius 3 is 2.14 bits per heavy atom. The Morgan fingerprint density at radius 2 is 1.50 bits per heavy atom. The molecule has 2 aliphatic carbocycles. The van der Waals surface area contributed by atoms with E-state index in [4.69, 9.17) is 0 Å². The lowest BCUT2D eigenvalue weighted by atomic mass is 9.71. The van der Waals surface area contributed by atoms with Gasteiger partial charge in [-0.2, -0.15) is 0 Å². The van der Waals surface area contributed by atoms with Crippen LogP contribution in [0.4, 0.5) is 0 Å². The van der Waals surface area contributed by atoms with Crippen molar-refractivity contribution in [2.24, 2.45) is 11.8 Å². The summed E-state index contributed by atoms with van der Waals surface area (Å²) >= 11 is 0. The number of allylic oxidation sites excluding steroid dienone is 4. The van der Waals surface area contributed by atoms with Gasteiger partial charge in [0, 0.05) is 11.1 Å². The van der Waals surface area contributed by atoms with Crippen LogP contribution >= 0.6 is 12.4 Å². The van der Waals surface area contributed by atoms with Gasteiger partial charge in [0.1, 0.15) is 5.76 Å². The van der Waals surface area contributed by atoms with Crippen LogP contribution in [0.5, 0.6) is 0 Å². The van der Waals surface area contributed by atoms with Crippen molar-refractivity contribution < 1.29 is 14.7 Å². The molecule has 0 saturated carbocycles. The fourth-order valence-electron chi connectivity index (χ4n) is 3.20. The minimum absolute atomic E-state index is 0. The molecule has 0 saturated heterocycles. The molecule has 0 spiro atoms. The summed E-state index contributed by atoms with van der Waals surface area (Å²) in [5, 5.41) is 11.8. The lowest BCUT2D eigenvalue weighted by molar-refractivity contribution is 0.0759. The van der Waals surface area contributed by atoms with Crippen LogP contribution < -0.4 is 0 Å². The van der Waals surface area contributed by atoms with Crippen LogP contribution in [0.15, 0.2) is 60.4 Å². The van der Waals surface area contributed by atoms with Gasteiger partial charge in [0.05, 0.1) is 11.8 Å². The predicted molar refractivity (Wildman–Crippen MR) is 86.7 cm³/mol. The predicted octanol–water partition coefficient (Wildman–Crippen LogP) is 3.88. The monoisotopic (exact) mass is 312 g/mol. The highest BCUT2D eigenvalue weighted by Gasteiger charge is 2.43. The molecule has 2 aromatic carbocycles. The average molecular weight is 313 g/mol. The molecule has 0 aliphatic heterocycles. The van der Waals surface area contributed by atoms with Gasteiger partial charge < -0.3 is 5.11 Å². The van der Waals surface area contributed by atoms with Crippen LogP contribution in [-0.2, 0) is 0 Å². The number of aliphatic hydroxyl groups is 1. The minimum Gasteiger partial charge on any atom is -0.512 e. The molecule has 110 valence electrons. The van der Waals surface area contributed by atoms with Crippen molar-refractivity contribution in [3.05, 3.63) is 71.5 Å². The highest BCUT2D eigenvalue weighted by Crippen LogP contribution is 2.38. The van der Waals surface area contributed by atoms with Crippen molar-refractivity contribution in [2.45, 2.75) is 0 Å². The van der Waals surface area contributed by atoms with Gasteiger partial charge in [-0.25, -0.2) is 0 Å². The molecule has 0 radical (unpaired) electrons. The maximum absolute atomic E-state index is 12.7. The summed E-state index contributed by atoms with van der Waals surface area (Å²) in [5.74, 6) is -1.67. The van der Waals surface area contributed by atoms with Gasteiger partial charge in [-0.05, 0) is 29.0 Å². The zero-order chi connectivity index (χ0) is 14.6. The SMILES string of the molecule is Cl.O=C1c2cc3ccccc3cc2C(=O)C2C(O)=CC=CC12. The maximum atomic E-state index is 12.7. The fraction of sp³-hybridized carbons (Fsp3) is 0.111. The van der Waals surface area contributed by atoms with E-state index in [-0.39, 0.29) is 29.7 Å². The summed E-state index contributed by atoms with van der Waals surface area (Å²) in [6, 6.07) is 11.2. The van der Waals surface area contributed by atoms with E-state index in [1.54, 1.807) is 24.3 Å². The zero-order valence-corrected chi connectivity index (χ0v) is 12.3. The van der Waals surface area contributed by atoms with Crippen LogP contribution in [-0.4, -0.2) is 16.7 Å². The van der Waals surface area contributed by atoms with Gasteiger partial charge in [-0.15, -0.1) is 12.4 Å². The third-order valence-electron chi connectivity index (χ3n) is 4.27. The van der Waals surface area contributed by atoms with Crippen molar-refractivity contribution in [1.82, 2.24) is 0 Å². The molecule has 3 nitrogen and oxygen atoms in total. The lowest BCUT2D eigenvalue weighted by Crippen LogP contribution is -2.37. The summed E-state index contributed by atoms with van der Waals surface area (Å²) in [4.78, 5) is 25.3. The first-order chi connectivity index (χ1) is 10.2. The Bertz CT molecular complexity index is 864. The number of halogens is 1. The Kier molecular flexibility index (Phi) is 3.38. The molecule has 0 heterocycles. The molecule has 0 fully saturated rings. The summed E-state index contributed by atoms with van der Waals surface area (Å²) < 4.78 is 0. The van der Waals surface area contributed by atoms with E-state index in [9.17, 15) is 14.7 Å². The third kappa shape index (κ3) is 1.90. The summed E-state index contributed by atoms with van der Waals surface area (Å²) in [6.45, 7) is 0. The number of hydrogen-bond acceptors (Lipinski definition) is 3. The smallest absolute Gasteiger partial charge is 0.175 e. The number of aliphatic hydroxyl groups excluding tert-OH is 1. The van der Waals surface area contributed by atoms with Gasteiger partial charge in [-0.3, -0.25) is 9.59 Å². The van der Waals surface area contributed by atoms with Crippen molar-refractivity contribution >= 4 is 34.7 Å². The zero-order valence-electron chi connectivity index (χ0n) is 11.5. The molecule has 2 atom stereocenters. The van der Waals surface area contributed by atoms with E-state index in [1.807, 2.05) is 24.3 Å². The topological polar surface area (TPSA) is 54.4 Å². The van der Waals surface area contributed by atoms with Crippen molar-refractivity contribution in [2.75, 3.05) is 0 Å². The largest absolute Gasteiger partial charge is 0.512 e. The van der Waals surface area contributed by atoms with E-state index in [0.717, 1.165) is 10.8 Å². The minimum atomic E-state index is -0.767. The average Bonchev–Trinajstić information content (AvgIpc) is 2.51. The van der Waals surface area contributed by atoms with Gasteiger partial charge in [0.15, 0.2) is 11.6 Å². The number of hydrogen-bond donors (Lipinski definition) is 1. The first kappa shape index (κ1) is 14.5. The second-order valence-corrected chi connectivity index (χ2v) is 5.45. The summed E-state index contributed by atoms with van der Waals surface area (Å²) in [5.41, 5.74) is 0.870. The Balaban J connectivity index is 0.00000144. The number of benzene rings is 2. The Hall–Kier alpha value is -2.39. The quantitative estimate of drug-likeness (QED) is 0.803. The number of ketones is 2. The molecule has 2 aliphatic rings. The molecule has 0 amide bonds. The molecule has 0 bridgehead atoms. The van der Waals surface area contributed by atoms with Crippen LogP contribution in [0.25, 0.3) is 10.8 Å². The van der Waals surface area contributed by atoms with Crippen LogP contribution in [0.2, 0.25) is 0 Å². The van der Waals surface area contributed by atoms with Crippen LogP contribution in [0.3, 0.4) is 0 Å². The van der Waals surface area contributed by atoms with Gasteiger partial charge >= 0.3 is 0 Å². The normalized spacial score (nSPS) is 22.6. The fourth-order valence-corrected chi connectivity index (χ4v) is 3.20. The van der Waals surface area contributed by atoms with Crippen molar-refractivity contribution in [3.8, 4) is 0 Å². The standard InChI is InChI=1S/C18H12O3.ClH/c19-15-7-3-6-12-16(15)18(21)14-9-11-5-2-1-4-10(11)8-13(14)17(12)20;/h1-9,12,16,19H;1H. The van der Waals surface area contributed by atoms with E-state index in [0.29, 0.717) is 11.1 Å². The maximum Gasteiger partial charge on any atom is 0.175 e. The van der Waals surface area contributed by atoms with E-state index in [1.165, 1.54) is 6.08 Å². The second-order valence-electron chi connectivity index (χ2n) is 5.45. The number of rotatable bonds is 0. The highest BCUT2D eigenvalue weighted by molar-refractivity contribution is 6.19. The Morgan fingerprint density at radius 1 is 0.909 bits per heavy atom. The van der Waals surface area contributed by atoms with Crippen LogP contribution in [0, 0.1) is 11.8 Å². The molecule has 2 unspecified atom stereocenters. The van der Waals surface area contributed by atoms with Crippen molar-refractivity contribution in [3.63, 3.8) is 0 Å². The van der Waals surface area contributed by atoms with E-state index in [2.05, 4.69) is 0 Å². The number of carbonyl (C=O) groups is 2. The molecular formula is C18H13ClO3. The second kappa shape index (κ2) is 5.11. The number of fused-ring (bicyclic) bond motifs is 3. The lowest BCUT2D eigenvalue weighted by Gasteiger charge is -2.30. The van der Waals surface area contributed by atoms with Crippen LogP contribution in [0.1, 0.15) is 20.7 Å². The molecular weight excluding hydrogens is 300 g/mol. The summed E-state index contributed by atoms with van der Waals surface area (Å²) in [7, 11) is 0. The molecule has 4 heteroatoms. The van der Waals surface area contributed by atoms with Gasteiger partial charge in [0.25, 0.3) is 0 Å². The first-order valence-electron chi connectivity index (χ1n) is 6.85. The first-order valence-corrected chi connectivity index (χ1v) is 6.85. The number of Topliss-reactive ketones (excluding diaryl/α,β-unsaturated/α-hetero) is 2. The molecule has 2 aromatic rings. The molecule has 4 rings (SSSR count).